The molecule has 26 heavy (non-hydrogen) atoms. The zero-order valence-corrected chi connectivity index (χ0v) is 15.9. The number of aromatic amines is 1. The molecule has 2 aromatic rings. The highest BCUT2D eigenvalue weighted by Gasteiger charge is 2.23. The van der Waals surface area contributed by atoms with Crippen LogP contribution in [0.4, 0.5) is 0 Å². The van der Waals surface area contributed by atoms with Gasteiger partial charge in [0.15, 0.2) is 4.91 Å². The molecule has 0 unspecified atom stereocenters. The number of nitrogens with zero attached hydrogens (tertiary/aromatic N) is 1. The van der Waals surface area contributed by atoms with E-state index in [0.29, 0.717) is 22.5 Å². The third kappa shape index (κ3) is 3.70. The lowest BCUT2D eigenvalue weighted by Gasteiger charge is -2.04. The number of aromatic nitrogens is 1. The van der Waals surface area contributed by atoms with Crippen molar-refractivity contribution >= 4 is 21.9 Å². The monoisotopic (exact) mass is 372 g/mol. The Kier molecular flexibility index (Phi) is 5.68. The number of sulfone groups is 1. The van der Waals surface area contributed by atoms with E-state index >= 15 is 0 Å². The molecule has 1 aromatic heterocycles. The number of hydrogen-bond donors (Lipinski definition) is 1. The maximum atomic E-state index is 12.7. The van der Waals surface area contributed by atoms with Gasteiger partial charge in [-0.2, -0.15) is 5.26 Å². The molecule has 1 N–H and O–H groups in total. The van der Waals surface area contributed by atoms with Crippen LogP contribution < -0.4 is 0 Å². The summed E-state index contributed by atoms with van der Waals surface area (Å²) in [5.41, 5.74) is 2.74. The zero-order valence-electron chi connectivity index (χ0n) is 15.1. The Morgan fingerprint density at radius 3 is 2.38 bits per heavy atom. The van der Waals surface area contributed by atoms with Gasteiger partial charge in [0.1, 0.15) is 6.07 Å². The predicted molar refractivity (Wildman–Crippen MR) is 98.2 cm³/mol. The maximum Gasteiger partial charge on any atom is 0.340 e. The van der Waals surface area contributed by atoms with Gasteiger partial charge in [-0.3, -0.25) is 0 Å². The van der Waals surface area contributed by atoms with Crippen molar-refractivity contribution in [2.75, 3.05) is 6.61 Å². The lowest BCUT2D eigenvalue weighted by atomic mass is 10.1. The summed E-state index contributed by atoms with van der Waals surface area (Å²) in [7, 11) is -3.95. The summed E-state index contributed by atoms with van der Waals surface area (Å²) in [5, 5.41) is 9.40. The molecule has 7 heteroatoms. The van der Waals surface area contributed by atoms with Crippen LogP contribution in [-0.4, -0.2) is 26.0 Å². The van der Waals surface area contributed by atoms with Crippen LogP contribution in [0.1, 0.15) is 39.8 Å². The number of H-pyrrole nitrogens is 1. The molecule has 0 saturated heterocycles. The minimum atomic E-state index is -3.95. The highest BCUT2D eigenvalue weighted by Crippen LogP contribution is 2.25. The molecule has 0 amide bonds. The van der Waals surface area contributed by atoms with E-state index in [0.717, 1.165) is 5.56 Å². The van der Waals surface area contributed by atoms with Crippen LogP contribution >= 0.6 is 0 Å². The van der Waals surface area contributed by atoms with Crippen LogP contribution in [0.5, 0.6) is 0 Å². The van der Waals surface area contributed by atoms with E-state index < -0.39 is 20.7 Å². The summed E-state index contributed by atoms with van der Waals surface area (Å²) in [4.78, 5) is 14.7. The summed E-state index contributed by atoms with van der Waals surface area (Å²) >= 11 is 0. The third-order valence-corrected chi connectivity index (χ3v) is 5.64. The van der Waals surface area contributed by atoms with Crippen molar-refractivity contribution in [3.8, 4) is 6.07 Å². The van der Waals surface area contributed by atoms with Gasteiger partial charge in [0.25, 0.3) is 0 Å². The molecule has 6 nitrogen and oxygen atoms in total. The first-order chi connectivity index (χ1) is 12.2. The summed E-state index contributed by atoms with van der Waals surface area (Å²) in [6, 6.07) is 8.02. The molecule has 0 radical (unpaired) electrons. The molecule has 1 heterocycles. The second-order valence-electron chi connectivity index (χ2n) is 5.82. The predicted octanol–water partition coefficient (Wildman–Crippen LogP) is 3.46. The molecule has 0 atom stereocenters. The van der Waals surface area contributed by atoms with Gasteiger partial charge in [-0.25, -0.2) is 13.2 Å². The van der Waals surface area contributed by atoms with E-state index in [2.05, 4.69) is 4.98 Å². The molecule has 0 spiro atoms. The lowest BCUT2D eigenvalue weighted by Crippen LogP contribution is -2.06. The Balaban J connectivity index is 2.53. The van der Waals surface area contributed by atoms with Crippen molar-refractivity contribution in [2.45, 2.75) is 32.6 Å². The average Bonchev–Trinajstić information content (AvgIpc) is 2.86. The number of rotatable bonds is 5. The number of benzene rings is 1. The Bertz CT molecular complexity index is 1010. The number of carbonyl (C=O) groups excluding carboxylic acids is 1. The van der Waals surface area contributed by atoms with Crippen molar-refractivity contribution < 1.29 is 17.9 Å². The Morgan fingerprint density at radius 2 is 1.85 bits per heavy atom. The van der Waals surface area contributed by atoms with Gasteiger partial charge in [-0.1, -0.05) is 17.7 Å². The van der Waals surface area contributed by atoms with Gasteiger partial charge in [0.2, 0.25) is 9.84 Å². The first-order valence-electron chi connectivity index (χ1n) is 8.02. The second-order valence-corrected chi connectivity index (χ2v) is 7.74. The fraction of sp³-hybridized carbons (Fsp3) is 0.263. The van der Waals surface area contributed by atoms with E-state index in [1.807, 2.05) is 6.92 Å². The van der Waals surface area contributed by atoms with Crippen LogP contribution in [0, 0.1) is 32.1 Å². The van der Waals surface area contributed by atoms with E-state index in [-0.39, 0.29) is 11.5 Å². The van der Waals surface area contributed by atoms with Crippen LogP contribution in [0.25, 0.3) is 6.08 Å². The van der Waals surface area contributed by atoms with Gasteiger partial charge < -0.3 is 9.72 Å². The standard InChI is InChI=1S/C19H20N2O4S/c1-5-25-19(22)18-13(3)17(21-14(18)4)10-16(11-20)26(23,24)15-8-6-12(2)7-9-15/h6-10,21H,5H2,1-4H3/b16-10+. The van der Waals surface area contributed by atoms with E-state index in [4.69, 9.17) is 4.74 Å². The SMILES string of the molecule is CCOC(=O)c1c(C)[nH]c(/C=C(\C#N)S(=O)(=O)c2ccc(C)cc2)c1C. The fourth-order valence-corrected chi connectivity index (χ4v) is 3.71. The first kappa shape index (κ1) is 19.5. The van der Waals surface area contributed by atoms with Crippen LogP contribution in [0.3, 0.4) is 0 Å². The third-order valence-electron chi connectivity index (χ3n) is 3.96. The quantitative estimate of drug-likeness (QED) is 0.640. The number of nitriles is 1. The number of carbonyl (C=O) groups is 1. The highest BCUT2D eigenvalue weighted by molar-refractivity contribution is 7.95. The molecule has 1 aromatic carbocycles. The van der Waals surface area contributed by atoms with Gasteiger partial charge in [-0.15, -0.1) is 0 Å². The Morgan fingerprint density at radius 1 is 1.23 bits per heavy atom. The second kappa shape index (κ2) is 7.58. The smallest absolute Gasteiger partial charge is 0.340 e. The van der Waals surface area contributed by atoms with Gasteiger partial charge in [0.05, 0.1) is 17.1 Å². The largest absolute Gasteiger partial charge is 0.462 e. The lowest BCUT2D eigenvalue weighted by molar-refractivity contribution is 0.0525. The number of ether oxygens (including phenoxy) is 1. The normalized spacial score (nSPS) is 11.9. The molecule has 0 fully saturated rings. The number of aryl methyl sites for hydroxylation is 2. The molecular weight excluding hydrogens is 352 g/mol. The minimum Gasteiger partial charge on any atom is -0.462 e. The van der Waals surface area contributed by atoms with Crippen molar-refractivity contribution in [1.82, 2.24) is 4.98 Å². The average molecular weight is 372 g/mol. The number of allylic oxidation sites excluding steroid dienone is 1. The van der Waals surface area contributed by atoms with Crippen molar-refractivity contribution in [1.29, 1.82) is 5.26 Å². The number of hydrogen-bond acceptors (Lipinski definition) is 5. The van der Waals surface area contributed by atoms with Crippen LogP contribution in [-0.2, 0) is 14.6 Å². The molecular formula is C19H20N2O4S. The molecule has 0 aliphatic heterocycles. The van der Waals surface area contributed by atoms with Crippen molar-refractivity contribution in [3.05, 3.63) is 57.2 Å². The van der Waals surface area contributed by atoms with Gasteiger partial charge in [0, 0.05) is 11.4 Å². The molecule has 0 saturated carbocycles. The first-order valence-corrected chi connectivity index (χ1v) is 9.50. The molecule has 2 rings (SSSR count). The summed E-state index contributed by atoms with van der Waals surface area (Å²) in [6.45, 7) is 7.16. The van der Waals surface area contributed by atoms with E-state index in [1.165, 1.54) is 18.2 Å². The topological polar surface area (TPSA) is 100 Å². The number of nitrogens with one attached hydrogen (secondary N) is 1. The molecule has 136 valence electrons. The number of esters is 1. The summed E-state index contributed by atoms with van der Waals surface area (Å²) in [6.07, 6.45) is 1.25. The molecule has 0 bridgehead atoms. The minimum absolute atomic E-state index is 0.0439. The van der Waals surface area contributed by atoms with Crippen molar-refractivity contribution in [2.24, 2.45) is 0 Å². The Labute approximate surface area is 153 Å². The fourth-order valence-electron chi connectivity index (χ4n) is 2.57. The maximum absolute atomic E-state index is 12.7. The van der Waals surface area contributed by atoms with Crippen molar-refractivity contribution in [3.63, 3.8) is 0 Å². The van der Waals surface area contributed by atoms with Crippen LogP contribution in [0.15, 0.2) is 34.1 Å². The van der Waals surface area contributed by atoms with Gasteiger partial charge >= 0.3 is 5.97 Å². The molecule has 0 aliphatic rings. The molecule has 0 aliphatic carbocycles. The highest BCUT2D eigenvalue weighted by atomic mass is 32.2. The van der Waals surface area contributed by atoms with Gasteiger partial charge in [-0.05, 0) is 51.5 Å². The van der Waals surface area contributed by atoms with E-state index in [1.54, 1.807) is 39.0 Å². The zero-order chi connectivity index (χ0) is 19.5. The summed E-state index contributed by atoms with van der Waals surface area (Å²) in [5.74, 6) is -0.488. The van der Waals surface area contributed by atoms with Crippen LogP contribution in [0.2, 0.25) is 0 Å². The summed E-state index contributed by atoms with van der Waals surface area (Å²) < 4.78 is 30.5. The van der Waals surface area contributed by atoms with E-state index in [9.17, 15) is 18.5 Å². The Hall–Kier alpha value is -2.85.